The van der Waals surface area contributed by atoms with E-state index in [2.05, 4.69) is 35.4 Å². The first-order valence-electron chi connectivity index (χ1n) is 6.09. The zero-order chi connectivity index (χ0) is 11.8. The lowest BCUT2D eigenvalue weighted by Crippen LogP contribution is -2.39. The third-order valence-corrected chi connectivity index (χ3v) is 4.29. The van der Waals surface area contributed by atoms with Crippen LogP contribution >= 0.6 is 11.3 Å². The van der Waals surface area contributed by atoms with Gasteiger partial charge in [0.15, 0.2) is 5.13 Å². The largest absolute Gasteiger partial charge is 0.375 e. The number of rotatable bonds is 3. The molecule has 0 atom stereocenters. The average Bonchev–Trinajstić information content (AvgIpc) is 2.62. The zero-order valence-electron chi connectivity index (χ0n) is 9.94. The van der Waals surface area contributed by atoms with Gasteiger partial charge in [0.2, 0.25) is 0 Å². The number of hydrogen-bond donors (Lipinski definition) is 2. The molecule has 0 aliphatic heterocycles. The van der Waals surface area contributed by atoms with Gasteiger partial charge in [-0.25, -0.2) is 4.98 Å². The topological polar surface area (TPSA) is 50.9 Å². The van der Waals surface area contributed by atoms with Crippen molar-refractivity contribution in [3.63, 3.8) is 0 Å². The molecular formula is C13H17N3S. The maximum absolute atomic E-state index is 5.70. The number of benzene rings is 1. The van der Waals surface area contributed by atoms with Gasteiger partial charge in [-0.3, -0.25) is 0 Å². The molecule has 1 fully saturated rings. The summed E-state index contributed by atoms with van der Waals surface area (Å²) in [4.78, 5) is 4.26. The summed E-state index contributed by atoms with van der Waals surface area (Å²) in [5.74, 6) is 0.899. The molecule has 4 heteroatoms. The van der Waals surface area contributed by atoms with Crippen molar-refractivity contribution < 1.29 is 0 Å². The summed E-state index contributed by atoms with van der Waals surface area (Å²) in [7, 11) is 0. The van der Waals surface area contributed by atoms with E-state index >= 15 is 0 Å². The molecule has 3 rings (SSSR count). The minimum Gasteiger partial charge on any atom is -0.375 e. The number of nitrogens with one attached hydrogen (secondary N) is 1. The van der Waals surface area contributed by atoms with Crippen LogP contribution in [-0.4, -0.2) is 11.0 Å². The normalized spacial score (nSPS) is 23.8. The van der Waals surface area contributed by atoms with E-state index in [-0.39, 0.29) is 0 Å². The van der Waals surface area contributed by atoms with Crippen LogP contribution in [0.3, 0.4) is 0 Å². The van der Waals surface area contributed by atoms with Gasteiger partial charge in [0.25, 0.3) is 0 Å². The van der Waals surface area contributed by atoms with Crippen LogP contribution in [0.15, 0.2) is 18.2 Å². The predicted molar refractivity (Wildman–Crippen MR) is 73.1 cm³/mol. The molecule has 2 aromatic rings. The Labute approximate surface area is 105 Å². The fourth-order valence-corrected chi connectivity index (χ4v) is 3.23. The Hall–Kier alpha value is -1.13. The standard InChI is InChI=1S/C13H17N3S/c1-8-4-10(5-8)15-7-9-2-3-11-12(6-9)17-13(14)16-11/h2-3,6,8,10,15H,4-5,7H2,1H3,(H2,14,16). The quantitative estimate of drug-likeness (QED) is 0.877. The Bertz CT molecular complexity index is 528. The van der Waals surface area contributed by atoms with E-state index in [0.29, 0.717) is 11.2 Å². The van der Waals surface area contributed by atoms with Crippen LogP contribution < -0.4 is 11.1 Å². The smallest absolute Gasteiger partial charge is 0.181 e. The number of thiazole rings is 1. The maximum atomic E-state index is 5.70. The molecule has 1 aromatic heterocycles. The molecule has 0 bridgehead atoms. The summed E-state index contributed by atoms with van der Waals surface area (Å²) in [6, 6.07) is 7.10. The highest BCUT2D eigenvalue weighted by molar-refractivity contribution is 7.22. The highest BCUT2D eigenvalue weighted by atomic mass is 32.1. The minimum atomic E-state index is 0.651. The van der Waals surface area contributed by atoms with E-state index in [1.807, 2.05) is 0 Å². The molecule has 90 valence electrons. The lowest BCUT2D eigenvalue weighted by Gasteiger charge is -2.33. The summed E-state index contributed by atoms with van der Waals surface area (Å²) < 4.78 is 1.18. The van der Waals surface area contributed by atoms with Crippen molar-refractivity contribution in [2.45, 2.75) is 32.4 Å². The molecule has 17 heavy (non-hydrogen) atoms. The van der Waals surface area contributed by atoms with Crippen LogP contribution in [0, 0.1) is 5.92 Å². The van der Waals surface area contributed by atoms with Crippen molar-refractivity contribution >= 4 is 26.7 Å². The lowest BCUT2D eigenvalue weighted by molar-refractivity contribution is 0.240. The predicted octanol–water partition coefficient (Wildman–Crippen LogP) is 2.77. The van der Waals surface area contributed by atoms with Crippen LogP contribution in [0.2, 0.25) is 0 Å². The van der Waals surface area contributed by atoms with Gasteiger partial charge in [-0.1, -0.05) is 24.3 Å². The average molecular weight is 247 g/mol. The molecule has 1 heterocycles. The molecule has 3 nitrogen and oxygen atoms in total. The number of anilines is 1. The first kappa shape index (κ1) is 11.0. The molecule has 0 amide bonds. The van der Waals surface area contributed by atoms with Crippen molar-refractivity contribution in [3.05, 3.63) is 23.8 Å². The molecule has 3 N–H and O–H groups in total. The second-order valence-electron chi connectivity index (χ2n) is 5.01. The van der Waals surface area contributed by atoms with Crippen molar-refractivity contribution in [2.75, 3.05) is 5.73 Å². The van der Waals surface area contributed by atoms with Gasteiger partial charge >= 0.3 is 0 Å². The third kappa shape index (κ3) is 2.28. The molecule has 0 spiro atoms. The first-order valence-corrected chi connectivity index (χ1v) is 6.90. The fraction of sp³-hybridized carbons (Fsp3) is 0.462. The van der Waals surface area contributed by atoms with Crippen molar-refractivity contribution in [2.24, 2.45) is 5.92 Å². The zero-order valence-corrected chi connectivity index (χ0v) is 10.8. The number of hydrogen-bond acceptors (Lipinski definition) is 4. The minimum absolute atomic E-state index is 0.651. The summed E-state index contributed by atoms with van der Waals surface area (Å²) in [6.07, 6.45) is 2.63. The summed E-state index contributed by atoms with van der Waals surface area (Å²) in [5, 5.41) is 4.24. The molecule has 0 radical (unpaired) electrons. The Balaban J connectivity index is 1.68. The molecular weight excluding hydrogens is 230 g/mol. The summed E-state index contributed by atoms with van der Waals surface area (Å²) in [6.45, 7) is 3.26. The molecule has 1 aliphatic carbocycles. The number of nitrogen functional groups attached to an aromatic ring is 1. The van der Waals surface area contributed by atoms with Gasteiger partial charge in [-0.2, -0.15) is 0 Å². The van der Waals surface area contributed by atoms with Gasteiger partial charge in [-0.15, -0.1) is 0 Å². The Morgan fingerprint density at radius 2 is 2.29 bits per heavy atom. The Morgan fingerprint density at radius 1 is 1.47 bits per heavy atom. The van der Waals surface area contributed by atoms with E-state index in [9.17, 15) is 0 Å². The Kier molecular flexibility index (Phi) is 2.76. The first-order chi connectivity index (χ1) is 8.20. The second kappa shape index (κ2) is 4.27. The van der Waals surface area contributed by atoms with Gasteiger partial charge in [-0.05, 0) is 36.5 Å². The number of nitrogens with zero attached hydrogens (tertiary/aromatic N) is 1. The SMILES string of the molecule is CC1CC(NCc2ccc3nc(N)sc3c2)C1. The van der Waals surface area contributed by atoms with Crippen molar-refractivity contribution in [3.8, 4) is 0 Å². The van der Waals surface area contributed by atoms with Gasteiger partial charge < -0.3 is 11.1 Å². The monoisotopic (exact) mass is 247 g/mol. The van der Waals surface area contributed by atoms with E-state index in [1.165, 1.54) is 23.1 Å². The molecule has 1 aliphatic rings. The molecule has 1 saturated carbocycles. The van der Waals surface area contributed by atoms with Crippen molar-refractivity contribution in [1.82, 2.24) is 10.3 Å². The number of nitrogens with two attached hydrogens (primary N) is 1. The van der Waals surface area contributed by atoms with E-state index in [4.69, 9.17) is 5.73 Å². The number of aromatic nitrogens is 1. The fourth-order valence-electron chi connectivity index (χ4n) is 2.43. The highest BCUT2D eigenvalue weighted by Crippen LogP contribution is 2.27. The maximum Gasteiger partial charge on any atom is 0.181 e. The lowest BCUT2D eigenvalue weighted by atomic mass is 9.82. The third-order valence-electron chi connectivity index (χ3n) is 3.44. The van der Waals surface area contributed by atoms with Gasteiger partial charge in [0, 0.05) is 12.6 Å². The van der Waals surface area contributed by atoms with Crippen LogP contribution in [0.25, 0.3) is 10.2 Å². The highest BCUT2D eigenvalue weighted by Gasteiger charge is 2.24. The van der Waals surface area contributed by atoms with Crippen molar-refractivity contribution in [1.29, 1.82) is 0 Å². The molecule has 0 saturated heterocycles. The van der Waals surface area contributed by atoms with E-state index < -0.39 is 0 Å². The van der Waals surface area contributed by atoms with Gasteiger partial charge in [0.1, 0.15) is 0 Å². The Morgan fingerprint density at radius 3 is 3.06 bits per heavy atom. The molecule has 1 aromatic carbocycles. The summed E-state index contributed by atoms with van der Waals surface area (Å²) in [5.41, 5.74) is 8.03. The van der Waals surface area contributed by atoms with Crippen LogP contribution in [0.5, 0.6) is 0 Å². The van der Waals surface area contributed by atoms with Gasteiger partial charge in [0.05, 0.1) is 10.2 Å². The van der Waals surface area contributed by atoms with Crippen LogP contribution in [0.1, 0.15) is 25.3 Å². The van der Waals surface area contributed by atoms with E-state index in [0.717, 1.165) is 18.0 Å². The van der Waals surface area contributed by atoms with Crippen LogP contribution in [0.4, 0.5) is 5.13 Å². The van der Waals surface area contributed by atoms with Crippen LogP contribution in [-0.2, 0) is 6.54 Å². The molecule has 0 unspecified atom stereocenters. The number of fused-ring (bicyclic) bond motifs is 1. The second-order valence-corrected chi connectivity index (χ2v) is 6.07. The van der Waals surface area contributed by atoms with E-state index in [1.54, 1.807) is 11.3 Å². The summed E-state index contributed by atoms with van der Waals surface area (Å²) >= 11 is 1.56.